The summed E-state index contributed by atoms with van der Waals surface area (Å²) in [5, 5.41) is 3.59. The van der Waals surface area contributed by atoms with Gasteiger partial charge < -0.3 is 15.0 Å². The van der Waals surface area contributed by atoms with Crippen molar-refractivity contribution in [3.05, 3.63) is 48.0 Å². The largest absolute Gasteiger partial charge is 0.497 e. The monoisotopic (exact) mass is 372 g/mol. The van der Waals surface area contributed by atoms with Crippen molar-refractivity contribution < 1.29 is 13.2 Å². The first-order chi connectivity index (χ1) is 12.5. The molecule has 1 N–H and O–H groups in total. The van der Waals surface area contributed by atoms with Crippen LogP contribution in [0.4, 0.5) is 5.69 Å². The molecule has 2 heterocycles. The Morgan fingerprint density at radius 2 is 1.73 bits per heavy atom. The number of hydrogen-bond donors (Lipinski definition) is 1. The maximum Gasteiger partial charge on any atom is 0.206 e. The fourth-order valence-electron chi connectivity index (χ4n) is 4.02. The topological polar surface area (TPSA) is 58.6 Å². The van der Waals surface area contributed by atoms with Gasteiger partial charge in [-0.2, -0.15) is 0 Å². The van der Waals surface area contributed by atoms with Gasteiger partial charge in [-0.15, -0.1) is 0 Å². The van der Waals surface area contributed by atoms with Crippen LogP contribution in [0.5, 0.6) is 5.75 Å². The van der Waals surface area contributed by atoms with Crippen LogP contribution in [0.3, 0.4) is 0 Å². The van der Waals surface area contributed by atoms with E-state index >= 15 is 0 Å². The number of hydrogen-bond acceptors (Lipinski definition) is 5. The minimum Gasteiger partial charge on any atom is -0.497 e. The number of ether oxygens (including phenoxy) is 1. The number of anilines is 1. The summed E-state index contributed by atoms with van der Waals surface area (Å²) in [5.74, 6) is 1.02. The molecule has 1 fully saturated rings. The van der Waals surface area contributed by atoms with Gasteiger partial charge >= 0.3 is 0 Å². The van der Waals surface area contributed by atoms with Crippen LogP contribution < -0.4 is 10.1 Å². The number of likely N-dealkylation sites (tertiary alicyclic amines) is 1. The molecule has 2 aliphatic rings. The zero-order chi connectivity index (χ0) is 18.3. The van der Waals surface area contributed by atoms with E-state index in [0.717, 1.165) is 37.2 Å². The molecule has 2 atom stereocenters. The van der Waals surface area contributed by atoms with Crippen LogP contribution in [0.1, 0.15) is 24.3 Å². The molecular weight excluding hydrogens is 348 g/mol. The lowest BCUT2D eigenvalue weighted by molar-refractivity contribution is 0.346. The molecule has 0 aliphatic carbocycles. The highest BCUT2D eigenvalue weighted by Gasteiger charge is 2.34. The highest BCUT2D eigenvalue weighted by molar-refractivity contribution is 7.91. The summed E-state index contributed by atoms with van der Waals surface area (Å²) < 4.78 is 31.2. The van der Waals surface area contributed by atoms with Crippen LogP contribution in [-0.2, 0) is 9.84 Å². The molecule has 1 saturated heterocycles. The van der Waals surface area contributed by atoms with Crippen LogP contribution >= 0.6 is 0 Å². The summed E-state index contributed by atoms with van der Waals surface area (Å²) >= 11 is 0. The molecular formula is C20H24N2O3S. The molecule has 0 aromatic heterocycles. The van der Waals surface area contributed by atoms with Crippen molar-refractivity contribution in [2.45, 2.75) is 34.6 Å². The highest BCUT2D eigenvalue weighted by atomic mass is 32.2. The van der Waals surface area contributed by atoms with E-state index in [9.17, 15) is 8.42 Å². The first-order valence-electron chi connectivity index (χ1n) is 8.97. The Balaban J connectivity index is 1.69. The molecule has 6 heteroatoms. The summed E-state index contributed by atoms with van der Waals surface area (Å²) in [5.41, 5.74) is 2.22. The predicted octanol–water partition coefficient (Wildman–Crippen LogP) is 3.13. The molecule has 26 heavy (non-hydrogen) atoms. The highest BCUT2D eigenvalue weighted by Crippen LogP contribution is 2.42. The number of fused-ring (bicyclic) bond motifs is 3. The second-order valence-electron chi connectivity index (χ2n) is 7.17. The first-order valence-corrected chi connectivity index (χ1v) is 10.5. The maximum absolute atomic E-state index is 13.0. The Kier molecular flexibility index (Phi) is 4.40. The quantitative estimate of drug-likeness (QED) is 0.897. The molecule has 2 aliphatic heterocycles. The van der Waals surface area contributed by atoms with E-state index in [4.69, 9.17) is 4.74 Å². The first kappa shape index (κ1) is 17.4. The molecule has 0 radical (unpaired) electrons. The van der Waals surface area contributed by atoms with Gasteiger partial charge in [-0.1, -0.05) is 0 Å². The second-order valence-corrected chi connectivity index (χ2v) is 9.12. The van der Waals surface area contributed by atoms with Gasteiger partial charge in [-0.3, -0.25) is 0 Å². The van der Waals surface area contributed by atoms with Crippen LogP contribution in [-0.4, -0.2) is 46.6 Å². The van der Waals surface area contributed by atoms with Gasteiger partial charge in [0.05, 0.1) is 16.9 Å². The Labute approximate surface area is 154 Å². The minimum absolute atomic E-state index is 0.293. The number of nitrogens with zero attached hydrogens (tertiary/aromatic N) is 1. The van der Waals surface area contributed by atoms with Gasteiger partial charge in [0.25, 0.3) is 0 Å². The summed E-state index contributed by atoms with van der Waals surface area (Å²) in [7, 11) is 0.175. The minimum atomic E-state index is -3.54. The van der Waals surface area contributed by atoms with E-state index in [1.54, 1.807) is 37.4 Å². The maximum atomic E-state index is 13.0. The summed E-state index contributed by atoms with van der Waals surface area (Å²) in [4.78, 5) is 3.00. The fraction of sp³-hybridized carbons (Fsp3) is 0.400. The number of rotatable bonds is 3. The second kappa shape index (κ2) is 6.59. The van der Waals surface area contributed by atoms with Gasteiger partial charge in [0.15, 0.2) is 0 Å². The van der Waals surface area contributed by atoms with Gasteiger partial charge in [0, 0.05) is 17.6 Å². The summed E-state index contributed by atoms with van der Waals surface area (Å²) in [6.07, 6.45) is 2.13. The van der Waals surface area contributed by atoms with E-state index in [1.165, 1.54) is 0 Å². The van der Waals surface area contributed by atoms with E-state index in [-0.39, 0.29) is 0 Å². The third-order valence-electron chi connectivity index (χ3n) is 5.57. The zero-order valence-electron chi connectivity index (χ0n) is 15.1. The smallest absolute Gasteiger partial charge is 0.206 e. The van der Waals surface area contributed by atoms with E-state index in [0.29, 0.717) is 27.5 Å². The lowest BCUT2D eigenvalue weighted by atomic mass is 9.91. The van der Waals surface area contributed by atoms with E-state index in [1.807, 2.05) is 12.1 Å². The molecule has 5 nitrogen and oxygen atoms in total. The Morgan fingerprint density at radius 3 is 2.46 bits per heavy atom. The number of nitrogens with one attached hydrogen (secondary N) is 1. The SMILES string of the molecule is COc1ccc(S(=O)(=O)c2ccc3c(c2)[C@@H]2CCN(C)CC[C@@H]2N3)cc1. The predicted molar refractivity (Wildman–Crippen MR) is 102 cm³/mol. The molecule has 0 amide bonds. The van der Waals surface area contributed by atoms with Crippen molar-refractivity contribution in [2.24, 2.45) is 0 Å². The molecule has 0 spiro atoms. The molecule has 0 saturated carbocycles. The van der Waals surface area contributed by atoms with Crippen LogP contribution in [0.25, 0.3) is 0 Å². The average molecular weight is 372 g/mol. The third kappa shape index (κ3) is 2.97. The van der Waals surface area contributed by atoms with E-state index < -0.39 is 9.84 Å². The van der Waals surface area contributed by atoms with Gasteiger partial charge in [-0.05, 0) is 81.0 Å². The molecule has 2 aromatic rings. The van der Waals surface area contributed by atoms with Crippen molar-refractivity contribution in [1.29, 1.82) is 0 Å². The van der Waals surface area contributed by atoms with Crippen LogP contribution in [0.15, 0.2) is 52.3 Å². The Morgan fingerprint density at radius 1 is 1.04 bits per heavy atom. The van der Waals surface area contributed by atoms with Crippen molar-refractivity contribution in [2.75, 3.05) is 32.6 Å². The molecule has 2 aromatic carbocycles. The van der Waals surface area contributed by atoms with Gasteiger partial charge in [0.1, 0.15) is 5.75 Å². The molecule has 4 rings (SSSR count). The number of sulfone groups is 1. The standard InChI is InChI=1S/C20H24N2O3S/c1-22-11-9-17-18-13-16(7-8-19(18)21-20(17)10-12-22)26(23,24)15-5-3-14(25-2)4-6-15/h3-8,13,17,20-21H,9-12H2,1-2H3/t17-,20-/m0/s1. The van der Waals surface area contributed by atoms with E-state index in [2.05, 4.69) is 17.3 Å². The molecule has 0 unspecified atom stereocenters. The van der Waals surface area contributed by atoms with Crippen molar-refractivity contribution in [3.8, 4) is 5.75 Å². The molecule has 0 bridgehead atoms. The molecule has 138 valence electrons. The van der Waals surface area contributed by atoms with Gasteiger partial charge in [0.2, 0.25) is 9.84 Å². The summed E-state index contributed by atoms with van der Waals surface area (Å²) in [6.45, 7) is 2.11. The average Bonchev–Trinajstić information content (AvgIpc) is 2.90. The van der Waals surface area contributed by atoms with Crippen molar-refractivity contribution in [1.82, 2.24) is 4.90 Å². The van der Waals surface area contributed by atoms with Crippen molar-refractivity contribution >= 4 is 15.5 Å². The number of benzene rings is 2. The summed E-state index contributed by atoms with van der Waals surface area (Å²) in [6, 6.07) is 12.5. The lowest BCUT2D eigenvalue weighted by Crippen LogP contribution is -2.22. The van der Waals surface area contributed by atoms with Crippen molar-refractivity contribution in [3.63, 3.8) is 0 Å². The zero-order valence-corrected chi connectivity index (χ0v) is 15.9. The lowest BCUT2D eigenvalue weighted by Gasteiger charge is -2.16. The normalized spacial score (nSPS) is 22.8. The Bertz CT molecular complexity index is 909. The number of methoxy groups -OCH3 is 1. The Hall–Kier alpha value is -2.05. The fourth-order valence-corrected chi connectivity index (χ4v) is 5.31. The van der Waals surface area contributed by atoms with Gasteiger partial charge in [-0.25, -0.2) is 8.42 Å². The third-order valence-corrected chi connectivity index (χ3v) is 7.34. The van der Waals surface area contributed by atoms with Crippen LogP contribution in [0.2, 0.25) is 0 Å². The van der Waals surface area contributed by atoms with Crippen LogP contribution in [0, 0.1) is 0 Å².